The zero-order valence-electron chi connectivity index (χ0n) is 11.4. The quantitative estimate of drug-likeness (QED) is 0.674. The molecule has 1 N–H and O–H groups in total. The van der Waals surface area contributed by atoms with Crippen molar-refractivity contribution in [3.63, 3.8) is 0 Å². The molecule has 0 amide bonds. The third kappa shape index (κ3) is 3.01. The van der Waals surface area contributed by atoms with Crippen LogP contribution in [-0.2, 0) is 6.54 Å². The molecule has 0 aromatic carbocycles. The fourth-order valence-electron chi connectivity index (χ4n) is 2.00. The third-order valence-corrected chi connectivity index (χ3v) is 3.21. The van der Waals surface area contributed by atoms with Gasteiger partial charge < -0.3 is 4.42 Å². The molecule has 0 aliphatic carbocycles. The SMILES string of the molecule is Cc1nc(C)c(-c2cn(CCCCCl)c(=O)[nH]c2=O)o1. The van der Waals surface area contributed by atoms with Crippen LogP contribution in [0.4, 0.5) is 0 Å². The van der Waals surface area contributed by atoms with Gasteiger partial charge in [-0.1, -0.05) is 0 Å². The van der Waals surface area contributed by atoms with E-state index in [1.54, 1.807) is 13.8 Å². The van der Waals surface area contributed by atoms with Crippen molar-refractivity contribution in [3.8, 4) is 11.3 Å². The molecule has 0 aliphatic rings. The largest absolute Gasteiger partial charge is 0.440 e. The fraction of sp³-hybridized carbons (Fsp3) is 0.462. The number of aromatic amines is 1. The molecule has 7 heteroatoms. The van der Waals surface area contributed by atoms with Gasteiger partial charge in [-0.15, -0.1) is 11.6 Å². The monoisotopic (exact) mass is 297 g/mol. The van der Waals surface area contributed by atoms with Gasteiger partial charge in [-0.05, 0) is 19.8 Å². The predicted octanol–water partition coefficient (Wildman–Crippen LogP) is 1.83. The number of aromatic nitrogens is 3. The zero-order chi connectivity index (χ0) is 14.7. The molecular weight excluding hydrogens is 282 g/mol. The first-order chi connectivity index (χ1) is 9.52. The Morgan fingerprint density at radius 2 is 2.10 bits per heavy atom. The number of nitrogens with one attached hydrogen (secondary N) is 1. The molecule has 2 heterocycles. The van der Waals surface area contributed by atoms with Crippen LogP contribution in [0, 0.1) is 13.8 Å². The summed E-state index contributed by atoms with van der Waals surface area (Å²) in [5.74, 6) is 1.43. The molecule has 0 spiro atoms. The molecule has 0 saturated heterocycles. The summed E-state index contributed by atoms with van der Waals surface area (Å²) in [5, 5.41) is 0. The predicted molar refractivity (Wildman–Crippen MR) is 76.2 cm³/mol. The summed E-state index contributed by atoms with van der Waals surface area (Å²) < 4.78 is 6.89. The van der Waals surface area contributed by atoms with Crippen LogP contribution in [0.1, 0.15) is 24.4 Å². The minimum absolute atomic E-state index is 0.313. The summed E-state index contributed by atoms with van der Waals surface area (Å²) in [6.45, 7) is 3.97. The average molecular weight is 298 g/mol. The third-order valence-electron chi connectivity index (χ3n) is 2.94. The lowest BCUT2D eigenvalue weighted by Gasteiger charge is -2.06. The van der Waals surface area contributed by atoms with Crippen molar-refractivity contribution in [3.05, 3.63) is 38.6 Å². The first kappa shape index (κ1) is 14.6. The lowest BCUT2D eigenvalue weighted by atomic mass is 10.2. The molecule has 2 aromatic heterocycles. The summed E-state index contributed by atoms with van der Waals surface area (Å²) in [6.07, 6.45) is 3.09. The van der Waals surface area contributed by atoms with Crippen LogP contribution in [0.15, 0.2) is 20.2 Å². The Kier molecular flexibility index (Phi) is 4.44. The minimum atomic E-state index is -0.470. The molecule has 0 saturated carbocycles. The summed E-state index contributed by atoms with van der Waals surface area (Å²) >= 11 is 5.62. The Balaban J connectivity index is 2.43. The van der Waals surface area contributed by atoms with Gasteiger partial charge in [0.25, 0.3) is 5.56 Å². The van der Waals surface area contributed by atoms with Crippen LogP contribution in [0.2, 0.25) is 0 Å². The lowest BCUT2D eigenvalue weighted by molar-refractivity contribution is 0.530. The average Bonchev–Trinajstić information content (AvgIpc) is 2.71. The highest BCUT2D eigenvalue weighted by molar-refractivity contribution is 6.17. The number of halogens is 1. The normalized spacial score (nSPS) is 10.9. The first-order valence-electron chi connectivity index (χ1n) is 6.37. The Morgan fingerprint density at radius 3 is 2.70 bits per heavy atom. The standard InChI is InChI=1S/C13H16ClN3O3/c1-8-11(20-9(2)15-8)10-7-17(6-4-3-5-14)13(19)16-12(10)18/h7H,3-6H2,1-2H3,(H,16,18,19). The van der Waals surface area contributed by atoms with Gasteiger partial charge in [-0.3, -0.25) is 14.3 Å². The lowest BCUT2D eigenvalue weighted by Crippen LogP contribution is -2.30. The molecule has 0 radical (unpaired) electrons. The maximum absolute atomic E-state index is 11.9. The molecule has 2 rings (SSSR count). The van der Waals surface area contributed by atoms with Gasteiger partial charge in [-0.2, -0.15) is 0 Å². The van der Waals surface area contributed by atoms with Crippen LogP contribution >= 0.6 is 11.6 Å². The Bertz CT molecular complexity index is 714. The smallest absolute Gasteiger partial charge is 0.328 e. The van der Waals surface area contributed by atoms with Crippen molar-refractivity contribution in [1.29, 1.82) is 0 Å². The molecule has 20 heavy (non-hydrogen) atoms. The first-order valence-corrected chi connectivity index (χ1v) is 6.90. The maximum Gasteiger partial charge on any atom is 0.328 e. The number of H-pyrrole nitrogens is 1. The Hall–Kier alpha value is -1.82. The van der Waals surface area contributed by atoms with Crippen molar-refractivity contribution in [2.24, 2.45) is 0 Å². The van der Waals surface area contributed by atoms with E-state index in [4.69, 9.17) is 16.0 Å². The molecule has 2 aromatic rings. The van der Waals surface area contributed by atoms with E-state index >= 15 is 0 Å². The number of hydrogen-bond acceptors (Lipinski definition) is 4. The second-order valence-corrected chi connectivity index (χ2v) is 4.92. The summed E-state index contributed by atoms with van der Waals surface area (Å²) in [5.41, 5.74) is 0.0394. The minimum Gasteiger partial charge on any atom is -0.440 e. The highest BCUT2D eigenvalue weighted by Gasteiger charge is 2.15. The molecule has 108 valence electrons. The van der Waals surface area contributed by atoms with Crippen LogP contribution in [0.25, 0.3) is 11.3 Å². The van der Waals surface area contributed by atoms with Crippen molar-refractivity contribution in [1.82, 2.24) is 14.5 Å². The van der Waals surface area contributed by atoms with Crippen LogP contribution in [0.5, 0.6) is 0 Å². The van der Waals surface area contributed by atoms with Crippen molar-refractivity contribution in [2.75, 3.05) is 5.88 Å². The molecular formula is C13H16ClN3O3. The van der Waals surface area contributed by atoms with Crippen molar-refractivity contribution < 1.29 is 4.42 Å². The van der Waals surface area contributed by atoms with Gasteiger partial charge in [0.2, 0.25) is 0 Å². The number of rotatable bonds is 5. The van der Waals surface area contributed by atoms with E-state index in [0.717, 1.165) is 12.8 Å². The van der Waals surface area contributed by atoms with Gasteiger partial charge in [0.05, 0.1) is 5.69 Å². The Morgan fingerprint density at radius 1 is 1.35 bits per heavy atom. The van der Waals surface area contributed by atoms with Gasteiger partial charge in [0.1, 0.15) is 5.56 Å². The number of oxazole rings is 1. The zero-order valence-corrected chi connectivity index (χ0v) is 12.2. The summed E-state index contributed by atoms with van der Waals surface area (Å²) in [7, 11) is 0. The van der Waals surface area contributed by atoms with Crippen molar-refractivity contribution in [2.45, 2.75) is 33.2 Å². The van der Waals surface area contributed by atoms with Crippen LogP contribution in [0.3, 0.4) is 0 Å². The van der Waals surface area contributed by atoms with Gasteiger partial charge in [0, 0.05) is 25.5 Å². The second kappa shape index (κ2) is 6.09. The highest BCUT2D eigenvalue weighted by Crippen LogP contribution is 2.20. The Labute approximate surface area is 120 Å². The van der Waals surface area contributed by atoms with Gasteiger partial charge in [0.15, 0.2) is 11.7 Å². The molecule has 0 bridgehead atoms. The molecule has 0 fully saturated rings. The number of alkyl halides is 1. The van der Waals surface area contributed by atoms with E-state index in [1.807, 2.05) is 0 Å². The maximum atomic E-state index is 11.9. The highest BCUT2D eigenvalue weighted by atomic mass is 35.5. The molecule has 6 nitrogen and oxygen atoms in total. The van der Waals surface area contributed by atoms with E-state index in [-0.39, 0.29) is 0 Å². The van der Waals surface area contributed by atoms with E-state index in [2.05, 4.69) is 9.97 Å². The van der Waals surface area contributed by atoms with E-state index in [9.17, 15) is 9.59 Å². The number of unbranched alkanes of at least 4 members (excludes halogenated alkanes) is 1. The van der Waals surface area contributed by atoms with E-state index in [1.165, 1.54) is 10.8 Å². The molecule has 0 atom stereocenters. The van der Waals surface area contributed by atoms with E-state index in [0.29, 0.717) is 35.3 Å². The number of hydrogen-bond donors (Lipinski definition) is 1. The van der Waals surface area contributed by atoms with Crippen molar-refractivity contribution >= 4 is 11.6 Å². The van der Waals surface area contributed by atoms with Gasteiger partial charge in [-0.25, -0.2) is 9.78 Å². The summed E-state index contributed by atoms with van der Waals surface area (Å²) in [4.78, 5) is 30.1. The second-order valence-electron chi connectivity index (χ2n) is 4.54. The van der Waals surface area contributed by atoms with Crippen LogP contribution in [-0.4, -0.2) is 20.4 Å². The number of nitrogens with zero attached hydrogens (tertiary/aromatic N) is 2. The molecule has 0 aliphatic heterocycles. The number of aryl methyl sites for hydroxylation is 3. The summed E-state index contributed by atoms with van der Waals surface area (Å²) in [6, 6.07) is 0. The van der Waals surface area contributed by atoms with E-state index < -0.39 is 11.2 Å². The topological polar surface area (TPSA) is 80.9 Å². The van der Waals surface area contributed by atoms with Crippen LogP contribution < -0.4 is 11.2 Å². The van der Waals surface area contributed by atoms with Gasteiger partial charge >= 0.3 is 5.69 Å². The fourth-order valence-corrected chi connectivity index (χ4v) is 2.18. The molecule has 0 unspecified atom stereocenters.